The smallest absolute Gasteiger partial charge is 0.323 e. The zero-order chi connectivity index (χ0) is 15.5. The molecule has 1 heterocycles. The average molecular weight is 295 g/mol. The van der Waals surface area contributed by atoms with E-state index in [1.165, 1.54) is 0 Å². The highest BCUT2D eigenvalue weighted by atomic mass is 16.1. The first-order chi connectivity index (χ1) is 10.7. The SMILES string of the molecule is CCC(=O)NCc1ccccc1-c1cccc2[nH]c(=O)[nH]c12. The van der Waals surface area contributed by atoms with Crippen LogP contribution in [-0.2, 0) is 11.3 Å². The second-order valence-corrected chi connectivity index (χ2v) is 5.09. The fraction of sp³-hybridized carbons (Fsp3) is 0.176. The lowest BCUT2D eigenvalue weighted by Crippen LogP contribution is -2.21. The number of imidazole rings is 1. The highest BCUT2D eigenvalue weighted by Gasteiger charge is 2.10. The first-order valence-electron chi connectivity index (χ1n) is 7.25. The number of rotatable bonds is 4. The van der Waals surface area contributed by atoms with Crippen LogP contribution in [0.5, 0.6) is 0 Å². The summed E-state index contributed by atoms with van der Waals surface area (Å²) in [6, 6.07) is 13.6. The third kappa shape index (κ3) is 2.65. The molecule has 0 aliphatic carbocycles. The average Bonchev–Trinajstić information content (AvgIpc) is 2.93. The Kier molecular flexibility index (Phi) is 3.78. The fourth-order valence-corrected chi connectivity index (χ4v) is 2.54. The summed E-state index contributed by atoms with van der Waals surface area (Å²) in [5.41, 5.74) is 4.28. The van der Waals surface area contributed by atoms with Crippen molar-refractivity contribution in [2.24, 2.45) is 0 Å². The monoisotopic (exact) mass is 295 g/mol. The van der Waals surface area contributed by atoms with E-state index in [1.54, 1.807) is 0 Å². The molecule has 0 atom stereocenters. The third-order valence-electron chi connectivity index (χ3n) is 3.66. The van der Waals surface area contributed by atoms with E-state index >= 15 is 0 Å². The Morgan fingerprint density at radius 3 is 2.64 bits per heavy atom. The van der Waals surface area contributed by atoms with Crippen molar-refractivity contribution in [2.45, 2.75) is 19.9 Å². The molecule has 5 nitrogen and oxygen atoms in total. The zero-order valence-electron chi connectivity index (χ0n) is 12.3. The topological polar surface area (TPSA) is 77.8 Å². The summed E-state index contributed by atoms with van der Waals surface area (Å²) in [5, 5.41) is 2.89. The molecule has 0 aliphatic heterocycles. The normalized spacial score (nSPS) is 10.8. The van der Waals surface area contributed by atoms with E-state index in [9.17, 15) is 9.59 Å². The Hall–Kier alpha value is -2.82. The summed E-state index contributed by atoms with van der Waals surface area (Å²) >= 11 is 0. The van der Waals surface area contributed by atoms with Gasteiger partial charge in [-0.2, -0.15) is 0 Å². The number of fused-ring (bicyclic) bond motifs is 1. The summed E-state index contributed by atoms with van der Waals surface area (Å²) in [6.07, 6.45) is 0.461. The van der Waals surface area contributed by atoms with Crippen LogP contribution in [0.3, 0.4) is 0 Å². The summed E-state index contributed by atoms with van der Waals surface area (Å²) in [7, 11) is 0. The quantitative estimate of drug-likeness (QED) is 0.691. The van der Waals surface area contributed by atoms with Crippen molar-refractivity contribution in [2.75, 3.05) is 0 Å². The zero-order valence-corrected chi connectivity index (χ0v) is 12.3. The molecule has 5 heteroatoms. The third-order valence-corrected chi connectivity index (χ3v) is 3.66. The van der Waals surface area contributed by atoms with E-state index in [-0.39, 0.29) is 11.6 Å². The molecule has 0 unspecified atom stereocenters. The number of aromatic nitrogens is 2. The molecular weight excluding hydrogens is 278 g/mol. The fourth-order valence-electron chi connectivity index (χ4n) is 2.54. The van der Waals surface area contributed by atoms with Crippen LogP contribution in [0.25, 0.3) is 22.2 Å². The number of benzene rings is 2. The lowest BCUT2D eigenvalue weighted by atomic mass is 9.98. The van der Waals surface area contributed by atoms with Gasteiger partial charge in [0.1, 0.15) is 0 Å². The van der Waals surface area contributed by atoms with Gasteiger partial charge >= 0.3 is 5.69 Å². The van der Waals surface area contributed by atoms with Crippen molar-refractivity contribution in [1.29, 1.82) is 0 Å². The number of amides is 1. The number of carbonyl (C=O) groups is 1. The number of carbonyl (C=O) groups excluding carboxylic acids is 1. The van der Waals surface area contributed by atoms with Crippen LogP contribution >= 0.6 is 0 Å². The van der Waals surface area contributed by atoms with Gasteiger partial charge in [0.15, 0.2) is 0 Å². The van der Waals surface area contributed by atoms with Gasteiger partial charge in [0, 0.05) is 18.5 Å². The van der Waals surface area contributed by atoms with E-state index in [2.05, 4.69) is 15.3 Å². The molecule has 3 N–H and O–H groups in total. The van der Waals surface area contributed by atoms with Gasteiger partial charge in [-0.3, -0.25) is 4.79 Å². The highest BCUT2D eigenvalue weighted by Crippen LogP contribution is 2.28. The minimum Gasteiger partial charge on any atom is -0.352 e. The molecule has 0 saturated heterocycles. The predicted molar refractivity (Wildman–Crippen MR) is 86.5 cm³/mol. The summed E-state index contributed by atoms with van der Waals surface area (Å²) < 4.78 is 0. The Morgan fingerprint density at radius 2 is 1.82 bits per heavy atom. The van der Waals surface area contributed by atoms with Gasteiger partial charge in [0.05, 0.1) is 11.0 Å². The van der Waals surface area contributed by atoms with E-state index in [0.717, 1.165) is 27.7 Å². The second kappa shape index (κ2) is 5.89. The minimum atomic E-state index is -0.223. The molecule has 1 amide bonds. The van der Waals surface area contributed by atoms with Gasteiger partial charge in [0.2, 0.25) is 5.91 Å². The largest absolute Gasteiger partial charge is 0.352 e. The van der Waals surface area contributed by atoms with Crippen LogP contribution in [-0.4, -0.2) is 15.9 Å². The molecule has 0 aliphatic rings. The van der Waals surface area contributed by atoms with Gasteiger partial charge < -0.3 is 15.3 Å². The molecule has 1 aromatic heterocycles. The Labute approximate surface area is 127 Å². The first kappa shape index (κ1) is 14.1. The van der Waals surface area contributed by atoms with Crippen molar-refractivity contribution in [3.05, 3.63) is 58.5 Å². The number of para-hydroxylation sites is 1. The van der Waals surface area contributed by atoms with Crippen LogP contribution in [0, 0.1) is 0 Å². The number of aromatic amines is 2. The maximum Gasteiger partial charge on any atom is 0.323 e. The van der Waals surface area contributed by atoms with Gasteiger partial charge in [-0.05, 0) is 17.2 Å². The van der Waals surface area contributed by atoms with E-state index in [0.29, 0.717) is 13.0 Å². The molecule has 3 aromatic rings. The number of hydrogen-bond donors (Lipinski definition) is 3. The summed E-state index contributed by atoms with van der Waals surface area (Å²) in [4.78, 5) is 28.6. The number of nitrogens with one attached hydrogen (secondary N) is 3. The minimum absolute atomic E-state index is 0.0167. The standard InChI is InChI=1S/C17H17N3O2/c1-2-15(21)18-10-11-6-3-4-7-12(11)13-8-5-9-14-16(13)20-17(22)19-14/h3-9H,2,10H2,1H3,(H,18,21)(H2,19,20,22). The van der Waals surface area contributed by atoms with Crippen LogP contribution in [0.15, 0.2) is 47.3 Å². The Bertz CT molecular complexity index is 877. The van der Waals surface area contributed by atoms with E-state index in [4.69, 9.17) is 0 Å². The van der Waals surface area contributed by atoms with Crippen molar-refractivity contribution in [1.82, 2.24) is 15.3 Å². The summed E-state index contributed by atoms with van der Waals surface area (Å²) in [5.74, 6) is 0.0167. The molecular formula is C17H17N3O2. The second-order valence-electron chi connectivity index (χ2n) is 5.09. The lowest BCUT2D eigenvalue weighted by Gasteiger charge is -2.11. The first-order valence-corrected chi connectivity index (χ1v) is 7.25. The summed E-state index contributed by atoms with van der Waals surface area (Å²) in [6.45, 7) is 2.29. The molecule has 2 aromatic carbocycles. The van der Waals surface area contributed by atoms with Crippen molar-refractivity contribution in [3.63, 3.8) is 0 Å². The molecule has 0 fully saturated rings. The highest BCUT2D eigenvalue weighted by molar-refractivity contribution is 5.92. The maximum absolute atomic E-state index is 11.5. The van der Waals surface area contributed by atoms with Crippen LogP contribution in [0.4, 0.5) is 0 Å². The lowest BCUT2D eigenvalue weighted by molar-refractivity contribution is -0.120. The van der Waals surface area contributed by atoms with Gasteiger partial charge in [0.25, 0.3) is 0 Å². The molecule has 22 heavy (non-hydrogen) atoms. The van der Waals surface area contributed by atoms with Crippen LogP contribution in [0.2, 0.25) is 0 Å². The predicted octanol–water partition coefficient (Wildman–Crippen LogP) is 2.55. The van der Waals surface area contributed by atoms with Crippen LogP contribution in [0.1, 0.15) is 18.9 Å². The maximum atomic E-state index is 11.5. The van der Waals surface area contributed by atoms with Crippen LogP contribution < -0.4 is 11.0 Å². The molecule has 0 spiro atoms. The number of H-pyrrole nitrogens is 2. The van der Waals surface area contributed by atoms with E-state index in [1.807, 2.05) is 49.4 Å². The van der Waals surface area contributed by atoms with Gasteiger partial charge in [-0.15, -0.1) is 0 Å². The van der Waals surface area contributed by atoms with Gasteiger partial charge in [-0.1, -0.05) is 43.3 Å². The Morgan fingerprint density at radius 1 is 1.05 bits per heavy atom. The molecule has 0 radical (unpaired) electrons. The molecule has 0 saturated carbocycles. The molecule has 0 bridgehead atoms. The molecule has 3 rings (SSSR count). The Balaban J connectivity index is 2.07. The van der Waals surface area contributed by atoms with Crippen molar-refractivity contribution in [3.8, 4) is 11.1 Å². The van der Waals surface area contributed by atoms with Crippen molar-refractivity contribution >= 4 is 16.9 Å². The van der Waals surface area contributed by atoms with Crippen molar-refractivity contribution < 1.29 is 4.79 Å². The molecule has 112 valence electrons. The van der Waals surface area contributed by atoms with E-state index < -0.39 is 0 Å². The number of hydrogen-bond acceptors (Lipinski definition) is 2. The van der Waals surface area contributed by atoms with Gasteiger partial charge in [-0.25, -0.2) is 4.79 Å².